The summed E-state index contributed by atoms with van der Waals surface area (Å²) in [5.41, 5.74) is 3.20. The van der Waals surface area contributed by atoms with Crippen LogP contribution in [0.15, 0.2) is 48.7 Å². The van der Waals surface area contributed by atoms with Crippen LogP contribution in [-0.4, -0.2) is 34.0 Å². The zero-order chi connectivity index (χ0) is 16.1. The van der Waals surface area contributed by atoms with Crippen LogP contribution in [0.1, 0.15) is 23.5 Å². The topological polar surface area (TPSA) is 58.1 Å². The summed E-state index contributed by atoms with van der Waals surface area (Å²) in [5, 5.41) is 2.94. The molecule has 1 aromatic carbocycles. The fourth-order valence-corrected chi connectivity index (χ4v) is 2.66. The van der Waals surface area contributed by atoms with E-state index < -0.39 is 0 Å². The molecular formula is C18H20N4O. The molecule has 2 amide bonds. The van der Waals surface area contributed by atoms with Crippen LogP contribution in [0.3, 0.4) is 0 Å². The summed E-state index contributed by atoms with van der Waals surface area (Å²) < 4.78 is 0. The molecule has 0 bridgehead atoms. The summed E-state index contributed by atoms with van der Waals surface area (Å²) in [5.74, 6) is 0.712. The summed E-state index contributed by atoms with van der Waals surface area (Å²) in [7, 11) is 0. The smallest absolute Gasteiger partial charge is 0.318 e. The lowest BCUT2D eigenvalue weighted by Gasteiger charge is -2.27. The van der Waals surface area contributed by atoms with Crippen LogP contribution >= 0.6 is 0 Å². The van der Waals surface area contributed by atoms with E-state index in [9.17, 15) is 4.79 Å². The molecule has 1 aliphatic rings. The number of nitrogens with zero attached hydrogens (tertiary/aromatic N) is 3. The molecule has 3 rings (SSSR count). The number of hydrogen-bond donors (Lipinski definition) is 1. The van der Waals surface area contributed by atoms with E-state index >= 15 is 0 Å². The van der Waals surface area contributed by atoms with Crippen LogP contribution in [0.25, 0.3) is 5.57 Å². The first-order valence-corrected chi connectivity index (χ1v) is 7.78. The van der Waals surface area contributed by atoms with Gasteiger partial charge in [-0.05, 0) is 30.5 Å². The number of carbonyl (C=O) groups is 1. The zero-order valence-electron chi connectivity index (χ0n) is 13.2. The van der Waals surface area contributed by atoms with Crippen molar-refractivity contribution < 1.29 is 4.79 Å². The number of benzene rings is 1. The van der Waals surface area contributed by atoms with Crippen molar-refractivity contribution in [1.82, 2.24) is 20.2 Å². The average Bonchev–Trinajstić information content (AvgIpc) is 2.61. The van der Waals surface area contributed by atoms with E-state index in [1.165, 1.54) is 11.1 Å². The van der Waals surface area contributed by atoms with Crippen molar-refractivity contribution in [2.75, 3.05) is 13.1 Å². The highest BCUT2D eigenvalue weighted by Crippen LogP contribution is 2.20. The predicted octanol–water partition coefficient (Wildman–Crippen LogP) is 2.78. The van der Waals surface area contributed by atoms with Crippen molar-refractivity contribution >= 4 is 11.6 Å². The number of rotatable bonds is 3. The summed E-state index contributed by atoms with van der Waals surface area (Å²) in [6, 6.07) is 12.0. The van der Waals surface area contributed by atoms with Gasteiger partial charge in [-0.25, -0.2) is 14.8 Å². The van der Waals surface area contributed by atoms with Gasteiger partial charge in [0.05, 0.1) is 12.2 Å². The number of aromatic nitrogens is 2. The highest BCUT2D eigenvalue weighted by molar-refractivity contribution is 5.78. The number of urea groups is 1. The largest absolute Gasteiger partial charge is 0.332 e. The Balaban J connectivity index is 1.59. The fourth-order valence-electron chi connectivity index (χ4n) is 2.66. The molecule has 1 aliphatic heterocycles. The lowest BCUT2D eigenvalue weighted by atomic mass is 10.0. The van der Waals surface area contributed by atoms with E-state index in [1.807, 2.05) is 36.1 Å². The maximum absolute atomic E-state index is 12.4. The zero-order valence-corrected chi connectivity index (χ0v) is 13.2. The van der Waals surface area contributed by atoms with Gasteiger partial charge in [-0.15, -0.1) is 0 Å². The lowest BCUT2D eigenvalue weighted by Crippen LogP contribution is -2.42. The van der Waals surface area contributed by atoms with E-state index in [-0.39, 0.29) is 6.03 Å². The van der Waals surface area contributed by atoms with Gasteiger partial charge in [0, 0.05) is 19.3 Å². The Bertz CT molecular complexity index is 712. The molecule has 1 aromatic heterocycles. The summed E-state index contributed by atoms with van der Waals surface area (Å²) in [6.07, 6.45) is 4.80. The molecule has 0 saturated carbocycles. The molecule has 23 heavy (non-hydrogen) atoms. The Morgan fingerprint density at radius 3 is 2.87 bits per heavy atom. The van der Waals surface area contributed by atoms with E-state index in [0.717, 1.165) is 18.7 Å². The Morgan fingerprint density at radius 2 is 2.09 bits per heavy atom. The van der Waals surface area contributed by atoms with E-state index in [2.05, 4.69) is 33.5 Å². The first-order chi connectivity index (χ1) is 11.2. The van der Waals surface area contributed by atoms with Gasteiger partial charge in [-0.3, -0.25) is 0 Å². The fraction of sp³-hybridized carbons (Fsp3) is 0.278. The second kappa shape index (κ2) is 7.05. The monoisotopic (exact) mass is 308 g/mol. The summed E-state index contributed by atoms with van der Waals surface area (Å²) >= 11 is 0. The Morgan fingerprint density at radius 1 is 1.26 bits per heavy atom. The first kappa shape index (κ1) is 15.2. The van der Waals surface area contributed by atoms with E-state index in [4.69, 9.17) is 0 Å². The molecule has 0 radical (unpaired) electrons. The van der Waals surface area contributed by atoms with Gasteiger partial charge in [-0.2, -0.15) is 0 Å². The van der Waals surface area contributed by atoms with Gasteiger partial charge >= 0.3 is 6.03 Å². The standard InChI is InChI=1S/C18H20N4O/c1-14-19-10-9-17(21-14)12-20-18(23)22-11-5-8-16(13-22)15-6-3-2-4-7-15/h2-4,6-10H,5,11-13H2,1H3,(H,20,23). The molecule has 0 fully saturated rings. The predicted molar refractivity (Wildman–Crippen MR) is 89.6 cm³/mol. The van der Waals surface area contributed by atoms with Crippen molar-refractivity contribution in [2.24, 2.45) is 0 Å². The van der Waals surface area contributed by atoms with Crippen molar-refractivity contribution in [2.45, 2.75) is 19.9 Å². The normalized spacial score (nSPS) is 14.3. The van der Waals surface area contributed by atoms with Crippen LogP contribution in [0.4, 0.5) is 4.79 Å². The molecule has 2 aromatic rings. The number of hydrogen-bond acceptors (Lipinski definition) is 3. The number of amides is 2. The molecule has 0 unspecified atom stereocenters. The molecule has 118 valence electrons. The van der Waals surface area contributed by atoms with Gasteiger partial charge in [-0.1, -0.05) is 36.4 Å². The maximum Gasteiger partial charge on any atom is 0.318 e. The number of aryl methyl sites for hydroxylation is 1. The van der Waals surface area contributed by atoms with Crippen molar-refractivity contribution in [3.8, 4) is 0 Å². The summed E-state index contributed by atoms with van der Waals surface area (Å²) in [4.78, 5) is 22.6. The van der Waals surface area contributed by atoms with Crippen LogP contribution < -0.4 is 5.32 Å². The molecule has 1 N–H and O–H groups in total. The molecule has 5 heteroatoms. The summed E-state index contributed by atoms with van der Waals surface area (Å²) in [6.45, 7) is 3.64. The minimum atomic E-state index is -0.0530. The van der Waals surface area contributed by atoms with E-state index in [0.29, 0.717) is 18.9 Å². The minimum Gasteiger partial charge on any atom is -0.332 e. The molecule has 2 heterocycles. The van der Waals surface area contributed by atoms with Crippen molar-refractivity contribution in [3.63, 3.8) is 0 Å². The molecule has 0 spiro atoms. The van der Waals surface area contributed by atoms with Crippen molar-refractivity contribution in [3.05, 3.63) is 65.8 Å². The maximum atomic E-state index is 12.4. The van der Waals surface area contributed by atoms with Crippen LogP contribution in [-0.2, 0) is 6.54 Å². The van der Waals surface area contributed by atoms with E-state index in [1.54, 1.807) is 6.20 Å². The number of nitrogens with one attached hydrogen (secondary N) is 1. The van der Waals surface area contributed by atoms with Crippen LogP contribution in [0.2, 0.25) is 0 Å². The Kier molecular flexibility index (Phi) is 4.66. The van der Waals surface area contributed by atoms with Gasteiger partial charge < -0.3 is 10.2 Å². The van der Waals surface area contributed by atoms with Gasteiger partial charge in [0.25, 0.3) is 0 Å². The van der Waals surface area contributed by atoms with Gasteiger partial charge in [0.15, 0.2) is 0 Å². The lowest BCUT2D eigenvalue weighted by molar-refractivity contribution is 0.203. The SMILES string of the molecule is Cc1nccc(CNC(=O)N2CCC=C(c3ccccc3)C2)n1. The first-order valence-electron chi connectivity index (χ1n) is 7.78. The third-order valence-electron chi connectivity index (χ3n) is 3.84. The third-order valence-corrected chi connectivity index (χ3v) is 3.84. The second-order valence-corrected chi connectivity index (χ2v) is 5.56. The minimum absolute atomic E-state index is 0.0530. The van der Waals surface area contributed by atoms with Gasteiger partial charge in [0.2, 0.25) is 0 Å². The molecular weight excluding hydrogens is 288 g/mol. The van der Waals surface area contributed by atoms with Crippen LogP contribution in [0.5, 0.6) is 0 Å². The van der Waals surface area contributed by atoms with Crippen molar-refractivity contribution in [1.29, 1.82) is 0 Å². The van der Waals surface area contributed by atoms with Gasteiger partial charge in [0.1, 0.15) is 5.82 Å². The molecule has 0 aliphatic carbocycles. The Hall–Kier alpha value is -2.69. The third kappa shape index (κ3) is 3.94. The quantitative estimate of drug-likeness (QED) is 0.948. The Labute approximate surface area is 136 Å². The highest BCUT2D eigenvalue weighted by atomic mass is 16.2. The molecule has 0 saturated heterocycles. The van der Waals surface area contributed by atoms with Crippen LogP contribution in [0, 0.1) is 6.92 Å². The molecule has 5 nitrogen and oxygen atoms in total. The average molecular weight is 308 g/mol. The second-order valence-electron chi connectivity index (χ2n) is 5.56. The number of carbonyl (C=O) groups excluding carboxylic acids is 1. The molecule has 0 atom stereocenters. The highest BCUT2D eigenvalue weighted by Gasteiger charge is 2.18.